The molecule has 2 aliphatic heterocycles. The van der Waals surface area contributed by atoms with Crippen LogP contribution in [0.4, 0.5) is 4.79 Å². The van der Waals surface area contributed by atoms with Gasteiger partial charge in [-0.2, -0.15) is 0 Å². The first-order valence-corrected chi connectivity index (χ1v) is 7.63. The van der Waals surface area contributed by atoms with Crippen molar-refractivity contribution < 1.29 is 9.53 Å². The van der Waals surface area contributed by atoms with Gasteiger partial charge in [0.15, 0.2) is 0 Å². The number of ether oxygens (including phenoxy) is 1. The Morgan fingerprint density at radius 1 is 1.14 bits per heavy atom. The Balaban J connectivity index is 1.72. The lowest BCUT2D eigenvalue weighted by atomic mass is 9.94. The Morgan fingerprint density at radius 2 is 1.86 bits per heavy atom. The van der Waals surface area contributed by atoms with Gasteiger partial charge in [-0.1, -0.05) is 30.3 Å². The first-order valence-electron chi connectivity index (χ1n) is 7.63. The monoisotopic (exact) mass is 289 g/mol. The number of benzene rings is 1. The van der Waals surface area contributed by atoms with Crippen LogP contribution in [0.2, 0.25) is 0 Å². The number of hydrogen-bond donors (Lipinski definition) is 1. The number of carbonyl (C=O) groups excluding carboxylic acids is 1. The summed E-state index contributed by atoms with van der Waals surface area (Å²) in [5.74, 6) is 0. The van der Waals surface area contributed by atoms with Gasteiger partial charge in [-0.05, 0) is 12.5 Å². The topological polar surface area (TPSA) is 44.8 Å². The molecule has 1 unspecified atom stereocenters. The number of morpholine rings is 1. The molecule has 0 aliphatic carbocycles. The summed E-state index contributed by atoms with van der Waals surface area (Å²) in [6.07, 6.45) is 0. The minimum absolute atomic E-state index is 0.141. The zero-order chi connectivity index (χ0) is 14.7. The molecule has 5 nitrogen and oxygen atoms in total. The third-order valence-electron chi connectivity index (χ3n) is 4.32. The number of urea groups is 1. The van der Waals surface area contributed by atoms with E-state index in [-0.39, 0.29) is 6.03 Å². The first kappa shape index (κ1) is 14.4. The van der Waals surface area contributed by atoms with Crippen molar-refractivity contribution >= 4 is 6.03 Å². The molecule has 2 saturated heterocycles. The van der Waals surface area contributed by atoms with Gasteiger partial charge < -0.3 is 19.9 Å². The van der Waals surface area contributed by atoms with Crippen molar-refractivity contribution in [2.75, 3.05) is 45.9 Å². The minimum Gasteiger partial charge on any atom is -0.367 e. The SMILES string of the molecule is CC1(c2ccccc2)CN(C(=O)N2CCNCC2)CCO1. The molecule has 0 spiro atoms. The van der Waals surface area contributed by atoms with Gasteiger partial charge in [-0.15, -0.1) is 0 Å². The second kappa shape index (κ2) is 6.03. The Morgan fingerprint density at radius 3 is 2.57 bits per heavy atom. The van der Waals surface area contributed by atoms with Crippen molar-refractivity contribution in [1.29, 1.82) is 0 Å². The van der Waals surface area contributed by atoms with E-state index in [1.165, 1.54) is 0 Å². The number of amides is 2. The molecule has 2 fully saturated rings. The number of nitrogens with zero attached hydrogens (tertiary/aromatic N) is 2. The Kier molecular flexibility index (Phi) is 4.12. The average Bonchev–Trinajstić information content (AvgIpc) is 2.56. The summed E-state index contributed by atoms with van der Waals surface area (Å²) in [6.45, 7) is 7.28. The molecule has 1 N–H and O–H groups in total. The van der Waals surface area contributed by atoms with Crippen LogP contribution in [0.15, 0.2) is 30.3 Å². The molecule has 0 bridgehead atoms. The predicted octanol–water partition coefficient (Wildman–Crippen LogP) is 1.26. The first-order chi connectivity index (χ1) is 10.2. The van der Waals surface area contributed by atoms with Crippen LogP contribution in [0.1, 0.15) is 12.5 Å². The molecular weight excluding hydrogens is 266 g/mol. The predicted molar refractivity (Wildman–Crippen MR) is 81.2 cm³/mol. The van der Waals surface area contributed by atoms with Gasteiger partial charge >= 0.3 is 6.03 Å². The summed E-state index contributed by atoms with van der Waals surface area (Å²) < 4.78 is 5.99. The molecule has 21 heavy (non-hydrogen) atoms. The smallest absolute Gasteiger partial charge is 0.320 e. The Labute approximate surface area is 125 Å². The summed E-state index contributed by atoms with van der Waals surface area (Å²) in [5.41, 5.74) is 0.714. The number of rotatable bonds is 1. The van der Waals surface area contributed by atoms with Crippen LogP contribution >= 0.6 is 0 Å². The molecule has 0 aromatic heterocycles. The number of carbonyl (C=O) groups is 1. The second-order valence-corrected chi connectivity index (χ2v) is 5.89. The fourth-order valence-electron chi connectivity index (χ4n) is 3.05. The fourth-order valence-corrected chi connectivity index (χ4v) is 3.05. The highest BCUT2D eigenvalue weighted by atomic mass is 16.5. The third kappa shape index (κ3) is 3.04. The molecule has 2 aliphatic rings. The average molecular weight is 289 g/mol. The molecule has 3 rings (SSSR count). The van der Waals surface area contributed by atoms with E-state index in [0.29, 0.717) is 19.7 Å². The Hall–Kier alpha value is -1.59. The highest BCUT2D eigenvalue weighted by Crippen LogP contribution is 2.29. The molecule has 1 aromatic rings. The number of hydrogen-bond acceptors (Lipinski definition) is 3. The summed E-state index contributed by atoms with van der Waals surface area (Å²) in [6, 6.07) is 10.3. The number of nitrogens with one attached hydrogen (secondary N) is 1. The number of piperazine rings is 1. The molecule has 1 aromatic carbocycles. The van der Waals surface area contributed by atoms with E-state index >= 15 is 0 Å². The minimum atomic E-state index is -0.413. The van der Waals surface area contributed by atoms with Crippen LogP contribution < -0.4 is 5.32 Å². The molecule has 0 radical (unpaired) electrons. The van der Waals surface area contributed by atoms with Gasteiger partial charge in [0, 0.05) is 32.7 Å². The Bertz CT molecular complexity index is 488. The third-order valence-corrected chi connectivity index (χ3v) is 4.32. The van der Waals surface area contributed by atoms with Crippen LogP contribution in [-0.2, 0) is 10.3 Å². The van der Waals surface area contributed by atoms with Gasteiger partial charge in [0.1, 0.15) is 5.60 Å². The van der Waals surface area contributed by atoms with E-state index in [0.717, 1.165) is 31.7 Å². The molecular formula is C16H23N3O2. The molecule has 2 heterocycles. The van der Waals surface area contributed by atoms with Crippen molar-refractivity contribution in [1.82, 2.24) is 15.1 Å². The lowest BCUT2D eigenvalue weighted by molar-refractivity contribution is -0.0935. The van der Waals surface area contributed by atoms with Gasteiger partial charge in [0.25, 0.3) is 0 Å². The quantitative estimate of drug-likeness (QED) is 0.846. The summed E-state index contributed by atoms with van der Waals surface area (Å²) >= 11 is 0. The van der Waals surface area contributed by atoms with Crippen molar-refractivity contribution in [3.8, 4) is 0 Å². The largest absolute Gasteiger partial charge is 0.367 e. The van der Waals surface area contributed by atoms with E-state index in [9.17, 15) is 4.79 Å². The standard InChI is InChI=1S/C16H23N3O2/c1-16(14-5-3-2-4-6-14)13-19(11-12-21-16)15(20)18-9-7-17-8-10-18/h2-6,17H,7-13H2,1H3. The van der Waals surface area contributed by atoms with E-state index in [4.69, 9.17) is 4.74 Å². The summed E-state index contributed by atoms with van der Waals surface area (Å²) in [4.78, 5) is 16.5. The zero-order valence-electron chi connectivity index (χ0n) is 12.5. The van der Waals surface area contributed by atoms with Crippen molar-refractivity contribution in [3.63, 3.8) is 0 Å². The van der Waals surface area contributed by atoms with Crippen LogP contribution in [0, 0.1) is 0 Å². The lowest BCUT2D eigenvalue weighted by Gasteiger charge is -2.43. The zero-order valence-corrected chi connectivity index (χ0v) is 12.5. The maximum Gasteiger partial charge on any atom is 0.320 e. The van der Waals surface area contributed by atoms with Gasteiger partial charge in [0.05, 0.1) is 13.2 Å². The van der Waals surface area contributed by atoms with Crippen LogP contribution in [-0.4, -0.2) is 61.7 Å². The highest BCUT2D eigenvalue weighted by Gasteiger charge is 2.37. The van der Waals surface area contributed by atoms with E-state index in [1.807, 2.05) is 28.0 Å². The molecule has 0 saturated carbocycles. The summed E-state index contributed by atoms with van der Waals surface area (Å²) in [5, 5.41) is 3.28. The van der Waals surface area contributed by atoms with E-state index in [1.54, 1.807) is 0 Å². The van der Waals surface area contributed by atoms with Gasteiger partial charge in [-0.3, -0.25) is 0 Å². The second-order valence-electron chi connectivity index (χ2n) is 5.89. The maximum absolute atomic E-state index is 12.6. The van der Waals surface area contributed by atoms with Gasteiger partial charge in [-0.25, -0.2) is 4.79 Å². The lowest BCUT2D eigenvalue weighted by Crippen LogP contribution is -2.57. The normalized spacial score (nSPS) is 26.7. The maximum atomic E-state index is 12.6. The van der Waals surface area contributed by atoms with Crippen molar-refractivity contribution in [2.24, 2.45) is 0 Å². The molecule has 5 heteroatoms. The molecule has 1 atom stereocenters. The van der Waals surface area contributed by atoms with Crippen LogP contribution in [0.25, 0.3) is 0 Å². The summed E-state index contributed by atoms with van der Waals surface area (Å²) in [7, 11) is 0. The fraction of sp³-hybridized carbons (Fsp3) is 0.562. The van der Waals surface area contributed by atoms with E-state index < -0.39 is 5.60 Å². The van der Waals surface area contributed by atoms with Gasteiger partial charge in [0.2, 0.25) is 0 Å². The van der Waals surface area contributed by atoms with E-state index in [2.05, 4.69) is 24.4 Å². The van der Waals surface area contributed by atoms with Crippen LogP contribution in [0.3, 0.4) is 0 Å². The molecule has 2 amide bonds. The molecule has 114 valence electrons. The highest BCUT2D eigenvalue weighted by molar-refractivity contribution is 5.75. The van der Waals surface area contributed by atoms with Crippen molar-refractivity contribution in [3.05, 3.63) is 35.9 Å². The van der Waals surface area contributed by atoms with Crippen molar-refractivity contribution in [2.45, 2.75) is 12.5 Å². The van der Waals surface area contributed by atoms with Crippen LogP contribution in [0.5, 0.6) is 0 Å².